The van der Waals surface area contributed by atoms with Gasteiger partial charge in [0, 0.05) is 20.1 Å². The van der Waals surface area contributed by atoms with Gasteiger partial charge in [-0.3, -0.25) is 19.0 Å². The van der Waals surface area contributed by atoms with Gasteiger partial charge in [0.15, 0.2) is 5.16 Å². The molecule has 1 N–H and O–H groups in total. The van der Waals surface area contributed by atoms with E-state index in [0.29, 0.717) is 16.1 Å². The maximum Gasteiger partial charge on any atom is 0.261 e. The zero-order valence-corrected chi connectivity index (χ0v) is 17.2. The summed E-state index contributed by atoms with van der Waals surface area (Å²) in [6, 6.07) is 11.8. The van der Waals surface area contributed by atoms with Gasteiger partial charge in [-0.05, 0) is 35.7 Å². The van der Waals surface area contributed by atoms with Crippen LogP contribution < -0.4 is 10.9 Å². The van der Waals surface area contributed by atoms with Crippen molar-refractivity contribution in [2.75, 3.05) is 19.3 Å². The van der Waals surface area contributed by atoms with E-state index < -0.39 is 0 Å². The predicted molar refractivity (Wildman–Crippen MR) is 114 cm³/mol. The minimum atomic E-state index is -0.186. The fourth-order valence-corrected chi connectivity index (χ4v) is 4.02. The lowest BCUT2D eigenvalue weighted by Crippen LogP contribution is -2.39. The molecule has 0 spiro atoms. The van der Waals surface area contributed by atoms with Crippen molar-refractivity contribution >= 4 is 45.3 Å². The molecule has 3 aromatic rings. The average Bonchev–Trinajstić information content (AvgIpc) is 3.52. The van der Waals surface area contributed by atoms with Crippen LogP contribution >= 0.6 is 11.8 Å². The van der Waals surface area contributed by atoms with E-state index >= 15 is 0 Å². The number of aromatic nitrogens is 2. The number of carbonyl (C=O) groups is 2. The zero-order chi connectivity index (χ0) is 20.5. The molecule has 29 heavy (non-hydrogen) atoms. The van der Waals surface area contributed by atoms with E-state index in [1.807, 2.05) is 36.4 Å². The van der Waals surface area contributed by atoms with Gasteiger partial charge in [0.2, 0.25) is 11.8 Å². The maximum atomic E-state index is 12.8. The zero-order valence-electron chi connectivity index (χ0n) is 16.3. The van der Waals surface area contributed by atoms with Crippen molar-refractivity contribution in [1.29, 1.82) is 0 Å². The quantitative estimate of drug-likeness (QED) is 0.381. The molecule has 1 saturated carbocycles. The number of carbonyl (C=O) groups excluding carboxylic acids is 2. The summed E-state index contributed by atoms with van der Waals surface area (Å²) in [5.74, 6) is -0.225. The number of nitrogens with zero attached hydrogens (tertiary/aromatic N) is 3. The molecule has 1 heterocycles. The first-order valence-electron chi connectivity index (χ1n) is 9.48. The van der Waals surface area contributed by atoms with Gasteiger partial charge in [-0.2, -0.15) is 0 Å². The van der Waals surface area contributed by atoms with Crippen LogP contribution in [0.5, 0.6) is 0 Å². The molecule has 1 aromatic heterocycles. The number of benzene rings is 2. The molecule has 0 radical (unpaired) electrons. The Hall–Kier alpha value is -2.87. The fourth-order valence-electron chi connectivity index (χ4n) is 3.11. The summed E-state index contributed by atoms with van der Waals surface area (Å²) >= 11 is 1.20. The SMILES string of the molecule is CN(CC(=O)NC1CC1)C(=O)CSc1nc2cc3ccccc3cc2c(=O)n1C. The monoisotopic (exact) mass is 410 g/mol. The third-order valence-electron chi connectivity index (χ3n) is 4.98. The Balaban J connectivity index is 1.50. The molecule has 1 aliphatic carbocycles. The van der Waals surface area contributed by atoms with Gasteiger partial charge in [-0.25, -0.2) is 4.98 Å². The van der Waals surface area contributed by atoms with Crippen molar-refractivity contribution < 1.29 is 9.59 Å². The van der Waals surface area contributed by atoms with Crippen molar-refractivity contribution in [2.45, 2.75) is 24.0 Å². The molecule has 0 unspecified atom stereocenters. The highest BCUT2D eigenvalue weighted by atomic mass is 32.2. The Morgan fingerprint density at radius 2 is 1.93 bits per heavy atom. The fraction of sp³-hybridized carbons (Fsp3) is 0.333. The first kappa shape index (κ1) is 19.4. The van der Waals surface area contributed by atoms with Crippen LogP contribution in [0.4, 0.5) is 0 Å². The summed E-state index contributed by atoms with van der Waals surface area (Å²) in [5, 5.41) is 5.89. The second-order valence-corrected chi connectivity index (χ2v) is 8.30. The molecule has 8 heteroatoms. The number of thioether (sulfide) groups is 1. The van der Waals surface area contributed by atoms with Gasteiger partial charge in [-0.1, -0.05) is 36.0 Å². The van der Waals surface area contributed by atoms with Crippen LogP contribution in [0, 0.1) is 0 Å². The Kier molecular flexibility index (Phi) is 5.27. The van der Waals surface area contributed by atoms with Gasteiger partial charge >= 0.3 is 0 Å². The highest BCUT2D eigenvalue weighted by Crippen LogP contribution is 2.22. The van der Waals surface area contributed by atoms with Crippen molar-refractivity contribution in [3.05, 3.63) is 46.8 Å². The van der Waals surface area contributed by atoms with Crippen molar-refractivity contribution in [3.63, 3.8) is 0 Å². The smallest absolute Gasteiger partial charge is 0.261 e. The largest absolute Gasteiger partial charge is 0.352 e. The number of nitrogens with one attached hydrogen (secondary N) is 1. The van der Waals surface area contributed by atoms with Gasteiger partial charge in [0.1, 0.15) is 0 Å². The molecular formula is C21H22N4O3S. The summed E-state index contributed by atoms with van der Waals surface area (Å²) in [6.45, 7) is 0.0337. The molecule has 7 nitrogen and oxygen atoms in total. The Morgan fingerprint density at radius 3 is 2.62 bits per heavy atom. The molecule has 0 saturated heterocycles. The Morgan fingerprint density at radius 1 is 1.24 bits per heavy atom. The van der Waals surface area contributed by atoms with Gasteiger partial charge in [-0.15, -0.1) is 0 Å². The molecule has 0 bridgehead atoms. The van der Waals surface area contributed by atoms with Gasteiger partial charge in [0.05, 0.1) is 23.2 Å². The maximum absolute atomic E-state index is 12.8. The van der Waals surface area contributed by atoms with Crippen LogP contribution in [0.2, 0.25) is 0 Å². The van der Waals surface area contributed by atoms with Crippen molar-refractivity contribution in [3.8, 4) is 0 Å². The average molecular weight is 410 g/mol. The van der Waals surface area contributed by atoms with E-state index in [1.165, 1.54) is 21.2 Å². The topological polar surface area (TPSA) is 84.3 Å². The summed E-state index contributed by atoms with van der Waals surface area (Å²) in [6.07, 6.45) is 2.02. The Labute approximate surface area is 172 Å². The Bertz CT molecular complexity index is 1170. The number of hydrogen-bond donors (Lipinski definition) is 1. The number of hydrogen-bond acceptors (Lipinski definition) is 5. The van der Waals surface area contributed by atoms with E-state index in [4.69, 9.17) is 0 Å². The molecule has 1 fully saturated rings. The summed E-state index contributed by atoms with van der Waals surface area (Å²) < 4.78 is 1.47. The lowest BCUT2D eigenvalue weighted by Gasteiger charge is -2.17. The van der Waals surface area contributed by atoms with E-state index in [0.717, 1.165) is 23.6 Å². The molecule has 2 aromatic carbocycles. The third-order valence-corrected chi connectivity index (χ3v) is 5.99. The standard InChI is InChI=1S/C21H22N4O3S/c1-24(11-18(26)22-15-7-8-15)19(27)12-29-21-23-17-10-14-6-4-3-5-13(14)9-16(17)20(28)25(21)2/h3-6,9-10,15H,7-8,11-12H2,1-2H3,(H,22,26). The van der Waals surface area contributed by atoms with Crippen LogP contribution in [0.25, 0.3) is 21.7 Å². The van der Waals surface area contributed by atoms with Gasteiger partial charge < -0.3 is 10.2 Å². The number of likely N-dealkylation sites (N-methyl/N-ethyl adjacent to an activating group) is 1. The normalized spacial score (nSPS) is 13.6. The molecule has 2 amide bonds. The number of rotatable bonds is 6. The van der Waals surface area contributed by atoms with Crippen LogP contribution in [0.15, 0.2) is 46.3 Å². The summed E-state index contributed by atoms with van der Waals surface area (Å²) in [4.78, 5) is 43.1. The van der Waals surface area contributed by atoms with E-state index in [2.05, 4.69) is 10.3 Å². The van der Waals surface area contributed by atoms with Crippen molar-refractivity contribution in [1.82, 2.24) is 19.8 Å². The van der Waals surface area contributed by atoms with E-state index in [-0.39, 0.29) is 35.7 Å². The highest BCUT2D eigenvalue weighted by Gasteiger charge is 2.24. The van der Waals surface area contributed by atoms with Crippen molar-refractivity contribution in [2.24, 2.45) is 7.05 Å². The van der Waals surface area contributed by atoms with E-state index in [9.17, 15) is 14.4 Å². The lowest BCUT2D eigenvalue weighted by atomic mass is 10.1. The molecule has 0 aliphatic heterocycles. The predicted octanol–water partition coefficient (Wildman–Crippen LogP) is 1.92. The minimum absolute atomic E-state index is 0.0337. The molecule has 0 atom stereocenters. The second-order valence-electron chi connectivity index (χ2n) is 7.36. The highest BCUT2D eigenvalue weighted by molar-refractivity contribution is 7.99. The second kappa shape index (κ2) is 7.87. The minimum Gasteiger partial charge on any atom is -0.352 e. The van der Waals surface area contributed by atoms with E-state index in [1.54, 1.807) is 14.1 Å². The summed E-state index contributed by atoms with van der Waals surface area (Å²) in [7, 11) is 3.26. The number of amides is 2. The first-order chi connectivity index (χ1) is 13.9. The molecular weight excluding hydrogens is 388 g/mol. The molecule has 1 aliphatic rings. The molecule has 150 valence electrons. The van der Waals surface area contributed by atoms with Crippen LogP contribution in [0.1, 0.15) is 12.8 Å². The lowest BCUT2D eigenvalue weighted by molar-refractivity contribution is -0.132. The number of fused-ring (bicyclic) bond motifs is 2. The first-order valence-corrected chi connectivity index (χ1v) is 10.5. The summed E-state index contributed by atoms with van der Waals surface area (Å²) in [5.41, 5.74) is 0.465. The van der Waals surface area contributed by atoms with Crippen LogP contribution in [0.3, 0.4) is 0 Å². The van der Waals surface area contributed by atoms with Gasteiger partial charge in [0.25, 0.3) is 5.56 Å². The molecule has 4 rings (SSSR count). The van der Waals surface area contributed by atoms with Crippen LogP contribution in [-0.2, 0) is 16.6 Å². The van der Waals surface area contributed by atoms with Crippen LogP contribution in [-0.4, -0.2) is 51.7 Å². The third kappa shape index (κ3) is 4.27.